The molecule has 2 aromatic rings. The predicted molar refractivity (Wildman–Crippen MR) is 113 cm³/mol. The number of aliphatic carboxylic acids is 1. The molecule has 0 fully saturated rings. The Morgan fingerprint density at radius 1 is 0.943 bits per heavy atom. The van der Waals surface area contributed by atoms with E-state index in [1.807, 2.05) is 5.32 Å². The third-order valence-electron chi connectivity index (χ3n) is 4.53. The number of hydrogen-bond acceptors (Lipinski definition) is 7. The Hall–Kier alpha value is -4.30. The molecule has 0 saturated heterocycles. The number of aromatic nitrogens is 1. The molecule has 1 aromatic heterocycles. The highest BCUT2D eigenvalue weighted by Crippen LogP contribution is 2.38. The van der Waals surface area contributed by atoms with Crippen LogP contribution in [0.2, 0.25) is 0 Å². The maximum atomic E-state index is 13.5. The number of ether oxygens (including phenoxy) is 2. The minimum Gasteiger partial charge on any atom is -0.493 e. The average Bonchev–Trinajstić information content (AvgIpc) is 2.79. The zero-order valence-electron chi connectivity index (χ0n) is 18.4. The van der Waals surface area contributed by atoms with Gasteiger partial charge in [-0.15, -0.1) is 0 Å². The fourth-order valence-electron chi connectivity index (χ4n) is 2.82. The van der Waals surface area contributed by atoms with Crippen molar-refractivity contribution in [3.63, 3.8) is 0 Å². The van der Waals surface area contributed by atoms with Gasteiger partial charge in [0, 0.05) is 24.6 Å². The Kier molecular flexibility index (Phi) is 8.64. The number of aryl methyl sites for hydroxylation is 1. The molecule has 0 aliphatic carbocycles. The van der Waals surface area contributed by atoms with Crippen molar-refractivity contribution in [2.24, 2.45) is 7.05 Å². The topological polar surface area (TPSA) is 165 Å². The van der Waals surface area contributed by atoms with Crippen LogP contribution in [0.5, 0.6) is 11.5 Å². The van der Waals surface area contributed by atoms with Crippen LogP contribution < -0.4 is 31.0 Å². The summed E-state index contributed by atoms with van der Waals surface area (Å²) < 4.78 is 51.7. The molecule has 0 unspecified atom stereocenters. The molecule has 1 aromatic carbocycles. The molecule has 190 valence electrons. The number of carbonyl (C=O) groups excluding carboxylic acids is 3. The van der Waals surface area contributed by atoms with Gasteiger partial charge < -0.3 is 35.1 Å². The first-order valence-electron chi connectivity index (χ1n) is 9.77. The molecule has 15 heteroatoms. The summed E-state index contributed by atoms with van der Waals surface area (Å²) in [5.41, 5.74) is -2.13. The highest BCUT2D eigenvalue weighted by atomic mass is 19.4. The minimum atomic E-state index is -4.83. The number of fused-ring (bicyclic) bond motifs is 1. The van der Waals surface area contributed by atoms with Gasteiger partial charge in [0.15, 0.2) is 18.1 Å². The quantitative estimate of drug-likeness (QED) is 0.334. The van der Waals surface area contributed by atoms with Gasteiger partial charge in [-0.05, 0) is 6.07 Å². The molecule has 0 aliphatic heterocycles. The second kappa shape index (κ2) is 11.2. The van der Waals surface area contributed by atoms with Crippen LogP contribution in [0, 0.1) is 0 Å². The first-order chi connectivity index (χ1) is 16.3. The molecule has 0 bridgehead atoms. The number of hydrogen-bond donors (Lipinski definition) is 4. The molecule has 0 aliphatic rings. The third kappa shape index (κ3) is 7.35. The van der Waals surface area contributed by atoms with E-state index in [0.29, 0.717) is 6.07 Å². The van der Waals surface area contributed by atoms with Crippen LogP contribution in [0.3, 0.4) is 0 Å². The highest BCUT2D eigenvalue weighted by molar-refractivity contribution is 5.90. The Labute approximate surface area is 195 Å². The monoisotopic (exact) mass is 502 g/mol. The standard InChI is InChI=1S/C20H21F3N4O8/c1-27-12-5-13(34-2)14(3-10(12)11(4-18(27)31)20(21,22)23)35-9-17(30)25-7-15(28)24-6-16(29)26-8-19(32)33/h3-5H,6-9H2,1-2H3,(H,24,28)(H,25,30)(H,26,29)(H,32,33). The molecule has 1 heterocycles. The lowest BCUT2D eigenvalue weighted by atomic mass is 10.1. The Balaban J connectivity index is 2.04. The lowest BCUT2D eigenvalue weighted by molar-refractivity contribution is -0.138. The second-order valence-corrected chi connectivity index (χ2v) is 6.99. The van der Waals surface area contributed by atoms with Crippen molar-refractivity contribution in [1.29, 1.82) is 0 Å². The van der Waals surface area contributed by atoms with Crippen molar-refractivity contribution in [2.45, 2.75) is 6.18 Å². The number of benzene rings is 1. The fourth-order valence-corrected chi connectivity index (χ4v) is 2.82. The van der Waals surface area contributed by atoms with Gasteiger partial charge >= 0.3 is 12.1 Å². The Bertz CT molecular complexity index is 1210. The van der Waals surface area contributed by atoms with Gasteiger partial charge in [0.2, 0.25) is 11.8 Å². The first kappa shape index (κ1) is 26.9. The smallest absolute Gasteiger partial charge is 0.417 e. The number of alkyl halides is 3. The maximum Gasteiger partial charge on any atom is 0.417 e. The zero-order valence-corrected chi connectivity index (χ0v) is 18.4. The van der Waals surface area contributed by atoms with Crippen LogP contribution in [0.25, 0.3) is 10.9 Å². The summed E-state index contributed by atoms with van der Waals surface area (Å²) in [5.74, 6) is -3.84. The molecule has 0 radical (unpaired) electrons. The summed E-state index contributed by atoms with van der Waals surface area (Å²) in [4.78, 5) is 57.3. The summed E-state index contributed by atoms with van der Waals surface area (Å²) in [7, 11) is 2.51. The number of carboxylic acid groups (broad SMARTS) is 1. The molecule has 0 saturated carbocycles. The molecular formula is C20H21F3N4O8. The molecule has 0 atom stereocenters. The van der Waals surface area contributed by atoms with Gasteiger partial charge in [-0.25, -0.2) is 0 Å². The SMILES string of the molecule is COc1cc2c(cc1OCC(=O)NCC(=O)NCC(=O)NCC(=O)O)c(C(F)(F)F)cc(=O)n2C. The Morgan fingerprint density at radius 3 is 2.06 bits per heavy atom. The minimum absolute atomic E-state index is 0.0373. The van der Waals surface area contributed by atoms with E-state index in [0.717, 1.165) is 10.6 Å². The molecule has 12 nitrogen and oxygen atoms in total. The van der Waals surface area contributed by atoms with Crippen molar-refractivity contribution >= 4 is 34.6 Å². The van der Waals surface area contributed by atoms with Gasteiger partial charge in [-0.2, -0.15) is 13.2 Å². The number of pyridine rings is 1. The summed E-state index contributed by atoms with van der Waals surface area (Å²) in [5, 5.41) is 14.4. The van der Waals surface area contributed by atoms with Crippen molar-refractivity contribution < 1.29 is 46.9 Å². The zero-order chi connectivity index (χ0) is 26.3. The number of halogens is 3. The van der Waals surface area contributed by atoms with Gasteiger partial charge in [0.25, 0.3) is 11.5 Å². The Morgan fingerprint density at radius 2 is 1.51 bits per heavy atom. The average molecular weight is 502 g/mol. The van der Waals surface area contributed by atoms with Crippen LogP contribution >= 0.6 is 0 Å². The van der Waals surface area contributed by atoms with E-state index in [9.17, 15) is 37.1 Å². The first-order valence-corrected chi connectivity index (χ1v) is 9.77. The van der Waals surface area contributed by atoms with E-state index in [-0.39, 0.29) is 22.4 Å². The number of carboxylic acids is 1. The largest absolute Gasteiger partial charge is 0.493 e. The second-order valence-electron chi connectivity index (χ2n) is 6.99. The van der Waals surface area contributed by atoms with Crippen molar-refractivity contribution in [2.75, 3.05) is 33.4 Å². The van der Waals surface area contributed by atoms with Crippen molar-refractivity contribution in [3.05, 3.63) is 34.1 Å². The number of nitrogens with one attached hydrogen (secondary N) is 3. The van der Waals surface area contributed by atoms with E-state index in [4.69, 9.17) is 14.6 Å². The van der Waals surface area contributed by atoms with Crippen LogP contribution in [0.4, 0.5) is 13.2 Å². The number of carbonyl (C=O) groups is 4. The van der Waals surface area contributed by atoms with Crippen LogP contribution in [0.15, 0.2) is 23.0 Å². The summed E-state index contributed by atoms with van der Waals surface area (Å²) in [6.07, 6.45) is -4.83. The third-order valence-corrected chi connectivity index (χ3v) is 4.53. The van der Waals surface area contributed by atoms with Gasteiger partial charge in [0.1, 0.15) is 6.54 Å². The fraction of sp³-hybridized carbons (Fsp3) is 0.350. The molecule has 2 rings (SSSR count). The summed E-state index contributed by atoms with van der Waals surface area (Å²) in [6, 6.07) is 2.61. The predicted octanol–water partition coefficient (Wildman–Crippen LogP) is -0.622. The van der Waals surface area contributed by atoms with Crippen LogP contribution in [-0.4, -0.2) is 66.7 Å². The van der Waals surface area contributed by atoms with Crippen LogP contribution in [0.1, 0.15) is 5.56 Å². The van der Waals surface area contributed by atoms with E-state index in [2.05, 4.69) is 10.6 Å². The molecule has 35 heavy (non-hydrogen) atoms. The van der Waals surface area contributed by atoms with Gasteiger partial charge in [-0.1, -0.05) is 0 Å². The van der Waals surface area contributed by atoms with Gasteiger partial charge in [-0.3, -0.25) is 24.0 Å². The number of amides is 3. The lowest BCUT2D eigenvalue weighted by Crippen LogP contribution is -2.43. The number of nitrogens with zero attached hydrogens (tertiary/aromatic N) is 1. The van der Waals surface area contributed by atoms with E-state index >= 15 is 0 Å². The summed E-state index contributed by atoms with van der Waals surface area (Å²) >= 11 is 0. The molecule has 3 amide bonds. The van der Waals surface area contributed by atoms with Crippen molar-refractivity contribution in [1.82, 2.24) is 20.5 Å². The van der Waals surface area contributed by atoms with E-state index in [1.165, 1.54) is 20.2 Å². The highest BCUT2D eigenvalue weighted by Gasteiger charge is 2.34. The number of methoxy groups -OCH3 is 1. The van der Waals surface area contributed by atoms with Crippen molar-refractivity contribution in [3.8, 4) is 11.5 Å². The number of rotatable bonds is 10. The van der Waals surface area contributed by atoms with E-state index in [1.54, 1.807) is 0 Å². The van der Waals surface area contributed by atoms with Crippen LogP contribution in [-0.2, 0) is 32.4 Å². The maximum absolute atomic E-state index is 13.5. The normalized spacial score (nSPS) is 11.0. The molecule has 4 N–H and O–H groups in total. The molecular weight excluding hydrogens is 481 g/mol. The molecule has 0 spiro atoms. The lowest BCUT2D eigenvalue weighted by Gasteiger charge is -2.16. The van der Waals surface area contributed by atoms with E-state index < -0.39 is 67.2 Å². The van der Waals surface area contributed by atoms with Gasteiger partial charge in [0.05, 0.1) is 31.3 Å². The summed E-state index contributed by atoms with van der Waals surface area (Å²) in [6.45, 7) is -2.39.